The van der Waals surface area contributed by atoms with E-state index in [-0.39, 0.29) is 5.92 Å². The molecule has 1 N–H and O–H groups in total. The van der Waals surface area contributed by atoms with Gasteiger partial charge in [0.25, 0.3) is 0 Å². The summed E-state index contributed by atoms with van der Waals surface area (Å²) in [6, 6.07) is 21.9. The number of fused-ring (bicyclic) bond motifs is 6. The van der Waals surface area contributed by atoms with Gasteiger partial charge in [0, 0.05) is 64.7 Å². The molecule has 4 atom stereocenters. The van der Waals surface area contributed by atoms with Gasteiger partial charge in [-0.2, -0.15) is 0 Å². The third-order valence-electron chi connectivity index (χ3n) is 10.6. The van der Waals surface area contributed by atoms with E-state index in [2.05, 4.69) is 46.2 Å². The summed E-state index contributed by atoms with van der Waals surface area (Å²) in [7, 11) is 0. The lowest BCUT2D eigenvalue weighted by Crippen LogP contribution is -2.39. The molecule has 40 heavy (non-hydrogen) atoms. The van der Waals surface area contributed by atoms with Crippen LogP contribution >= 0.6 is 0 Å². The number of aromatic carboxylic acids is 1. The van der Waals surface area contributed by atoms with Crippen molar-refractivity contribution in [2.24, 2.45) is 0 Å². The van der Waals surface area contributed by atoms with E-state index in [1.165, 1.54) is 75.6 Å². The number of ether oxygens (including phenoxy) is 1. The Morgan fingerprint density at radius 3 is 1.60 bits per heavy atom. The van der Waals surface area contributed by atoms with Crippen molar-refractivity contribution in [1.29, 1.82) is 0 Å². The Hall–Kier alpha value is -3.47. The van der Waals surface area contributed by atoms with Gasteiger partial charge >= 0.3 is 5.97 Å². The summed E-state index contributed by atoms with van der Waals surface area (Å²) < 4.78 is 6.83. The Labute approximate surface area is 236 Å². The average Bonchev–Trinajstić information content (AvgIpc) is 3.36. The zero-order valence-electron chi connectivity index (χ0n) is 23.3. The van der Waals surface area contributed by atoms with E-state index in [4.69, 9.17) is 4.74 Å². The number of carbonyl (C=O) groups is 1. The van der Waals surface area contributed by atoms with Crippen LogP contribution in [-0.2, 0) is 0 Å². The van der Waals surface area contributed by atoms with Crippen LogP contribution in [0.2, 0.25) is 0 Å². The molecule has 5 nitrogen and oxygen atoms in total. The number of piperidine rings is 2. The van der Waals surface area contributed by atoms with Gasteiger partial charge in [-0.05, 0) is 107 Å². The number of rotatable bonds is 4. The van der Waals surface area contributed by atoms with E-state index in [0.717, 1.165) is 33.8 Å². The molecule has 5 heterocycles. The number of nitrogens with zero attached hydrogens (tertiary/aromatic N) is 2. The topological polar surface area (TPSA) is 53.0 Å². The molecule has 3 aromatic carbocycles. The van der Waals surface area contributed by atoms with Gasteiger partial charge in [0.1, 0.15) is 11.5 Å². The molecule has 3 aromatic rings. The van der Waals surface area contributed by atoms with Gasteiger partial charge < -0.3 is 19.6 Å². The smallest absolute Gasteiger partial charge is 0.335 e. The molecule has 4 unspecified atom stereocenters. The van der Waals surface area contributed by atoms with Crippen LogP contribution < -0.4 is 14.5 Å². The van der Waals surface area contributed by atoms with Gasteiger partial charge in [0.15, 0.2) is 0 Å². The minimum Gasteiger partial charge on any atom is -0.478 e. The quantitative estimate of drug-likeness (QED) is 0.287. The van der Waals surface area contributed by atoms with Crippen LogP contribution in [0.3, 0.4) is 0 Å². The van der Waals surface area contributed by atoms with Crippen molar-refractivity contribution >= 4 is 17.3 Å². The van der Waals surface area contributed by atoms with Crippen molar-refractivity contribution < 1.29 is 14.6 Å². The first kappa shape index (κ1) is 24.3. The SMILES string of the molecule is Cc1cc(C(=O)O)ccc1C1c2ccc(N3C4CCCC3CC4)cc2Oc2cc(N3C4CCCC3CC4)ccc21. The zero-order valence-corrected chi connectivity index (χ0v) is 23.3. The maximum atomic E-state index is 11.7. The Morgan fingerprint density at radius 1 is 0.675 bits per heavy atom. The van der Waals surface area contributed by atoms with Crippen molar-refractivity contribution in [1.82, 2.24) is 0 Å². The van der Waals surface area contributed by atoms with E-state index >= 15 is 0 Å². The van der Waals surface area contributed by atoms with Crippen LogP contribution in [0.25, 0.3) is 0 Å². The number of anilines is 2. The van der Waals surface area contributed by atoms with Crippen LogP contribution in [0.15, 0.2) is 54.6 Å². The van der Waals surface area contributed by atoms with E-state index in [9.17, 15) is 9.90 Å². The fourth-order valence-corrected chi connectivity index (χ4v) is 8.85. The lowest BCUT2D eigenvalue weighted by Gasteiger charge is -2.39. The Bertz CT molecular complexity index is 1390. The number of hydrogen-bond acceptors (Lipinski definition) is 4. The maximum Gasteiger partial charge on any atom is 0.335 e. The number of carboxylic acid groups (broad SMARTS) is 1. The molecular weight excluding hydrogens is 496 g/mol. The summed E-state index contributed by atoms with van der Waals surface area (Å²) in [6.45, 7) is 2.04. The summed E-state index contributed by atoms with van der Waals surface area (Å²) >= 11 is 0. The normalized spacial score (nSPS) is 28.2. The van der Waals surface area contributed by atoms with Crippen LogP contribution in [0.5, 0.6) is 11.5 Å². The van der Waals surface area contributed by atoms with Crippen LogP contribution in [0.4, 0.5) is 11.4 Å². The molecule has 0 saturated carbocycles. The number of hydrogen-bond donors (Lipinski definition) is 1. The number of carboxylic acids is 1. The third-order valence-corrected chi connectivity index (χ3v) is 10.6. The second-order valence-electron chi connectivity index (χ2n) is 12.8. The van der Waals surface area contributed by atoms with Gasteiger partial charge in [0.2, 0.25) is 0 Å². The molecule has 0 aliphatic carbocycles. The molecule has 5 heteroatoms. The highest BCUT2D eigenvalue weighted by molar-refractivity contribution is 5.88. The molecule has 4 fully saturated rings. The summed E-state index contributed by atoms with van der Waals surface area (Å²) in [5.74, 6) is 1.01. The fourth-order valence-electron chi connectivity index (χ4n) is 8.85. The van der Waals surface area contributed by atoms with Crippen molar-refractivity contribution in [2.45, 2.75) is 101 Å². The van der Waals surface area contributed by atoms with Gasteiger partial charge in [-0.1, -0.05) is 18.2 Å². The average molecular weight is 535 g/mol. The van der Waals surface area contributed by atoms with Crippen LogP contribution in [0.1, 0.15) is 103 Å². The molecule has 5 aliphatic rings. The second kappa shape index (κ2) is 9.29. The number of aryl methyl sites for hydroxylation is 1. The maximum absolute atomic E-state index is 11.7. The monoisotopic (exact) mass is 534 g/mol. The summed E-state index contributed by atoms with van der Waals surface area (Å²) in [4.78, 5) is 17.0. The van der Waals surface area contributed by atoms with Crippen molar-refractivity contribution in [3.63, 3.8) is 0 Å². The lowest BCUT2D eigenvalue weighted by atomic mass is 9.80. The first-order valence-corrected chi connectivity index (χ1v) is 15.4. The van der Waals surface area contributed by atoms with Gasteiger partial charge in [-0.15, -0.1) is 0 Å². The van der Waals surface area contributed by atoms with Gasteiger partial charge in [-0.25, -0.2) is 4.79 Å². The molecule has 0 aromatic heterocycles. The summed E-state index contributed by atoms with van der Waals surface area (Å²) in [5.41, 5.74) is 7.38. The highest BCUT2D eigenvalue weighted by Crippen LogP contribution is 2.52. The summed E-state index contributed by atoms with van der Waals surface area (Å²) in [6.07, 6.45) is 13.0. The van der Waals surface area contributed by atoms with Gasteiger partial charge in [-0.3, -0.25) is 0 Å². The first-order valence-electron chi connectivity index (χ1n) is 15.4. The molecule has 5 aliphatic heterocycles. The van der Waals surface area contributed by atoms with Gasteiger partial charge in [0.05, 0.1) is 5.56 Å². The molecule has 0 radical (unpaired) electrons. The van der Waals surface area contributed by atoms with Crippen LogP contribution in [0, 0.1) is 6.92 Å². The predicted molar refractivity (Wildman–Crippen MR) is 158 cm³/mol. The van der Waals surface area contributed by atoms with E-state index < -0.39 is 5.97 Å². The second-order valence-corrected chi connectivity index (χ2v) is 12.8. The number of benzene rings is 3. The highest BCUT2D eigenvalue weighted by Gasteiger charge is 2.39. The van der Waals surface area contributed by atoms with Crippen molar-refractivity contribution in [3.8, 4) is 11.5 Å². The summed E-state index contributed by atoms with van der Waals surface area (Å²) in [5, 5.41) is 9.60. The molecule has 4 saturated heterocycles. The molecular formula is C35H38N2O3. The first-order chi connectivity index (χ1) is 19.5. The molecule has 8 rings (SSSR count). The lowest BCUT2D eigenvalue weighted by molar-refractivity contribution is 0.0696. The fraction of sp³-hybridized carbons (Fsp3) is 0.457. The van der Waals surface area contributed by atoms with Crippen molar-refractivity contribution in [3.05, 3.63) is 82.4 Å². The molecule has 4 bridgehead atoms. The van der Waals surface area contributed by atoms with Crippen molar-refractivity contribution in [2.75, 3.05) is 9.80 Å². The van der Waals surface area contributed by atoms with E-state index in [0.29, 0.717) is 29.7 Å². The van der Waals surface area contributed by atoms with E-state index in [1.54, 1.807) is 6.07 Å². The Balaban J connectivity index is 1.24. The largest absolute Gasteiger partial charge is 0.478 e. The highest BCUT2D eigenvalue weighted by atomic mass is 16.5. The Morgan fingerprint density at radius 2 is 1.15 bits per heavy atom. The minimum atomic E-state index is -0.885. The van der Waals surface area contributed by atoms with Crippen LogP contribution in [-0.4, -0.2) is 35.2 Å². The van der Waals surface area contributed by atoms with E-state index in [1.807, 2.05) is 19.1 Å². The standard InChI is InChI=1S/C35H38N2O3/c1-21-18-22(35(38)39)8-15-29(21)34-30-16-13-27(36-23-4-2-5-24(36)10-9-23)19-32(30)40-33-20-28(14-17-31(33)34)37-25-6-3-7-26(37)12-11-25/h8,13-20,23-26,34H,2-7,9-12H2,1H3,(H,38,39). The molecule has 0 amide bonds. The molecule has 0 spiro atoms. The third kappa shape index (κ3) is 3.77. The zero-order chi connectivity index (χ0) is 27.0. The minimum absolute atomic E-state index is 0.000787. The predicted octanol–water partition coefficient (Wildman–Crippen LogP) is 8.02. The molecule has 206 valence electrons. The Kier molecular flexibility index (Phi) is 5.65.